The quantitative estimate of drug-likeness (QED) is 0.466. The van der Waals surface area contributed by atoms with Gasteiger partial charge in [-0.3, -0.25) is 9.59 Å². The number of aldehydes is 1. The SMILES string of the molecule is C=C1C(=O)C2(C=O)CC(=O)CC1C2.CNC1(C)CC2CC(C)CC(C2)C1. The minimum atomic E-state index is -1.03. The van der Waals surface area contributed by atoms with Crippen LogP contribution in [0.5, 0.6) is 0 Å². The summed E-state index contributed by atoms with van der Waals surface area (Å²) in [5, 5.41) is 3.52. The molecule has 4 bridgehead atoms. The molecule has 4 atom stereocenters. The van der Waals surface area contributed by atoms with Crippen LogP contribution in [0.15, 0.2) is 12.2 Å². The maximum absolute atomic E-state index is 11.6. The lowest BCUT2D eigenvalue weighted by molar-refractivity contribution is -0.137. The average Bonchev–Trinajstić information content (AvgIpc) is 2.75. The molecular formula is C22H33NO3. The lowest BCUT2D eigenvalue weighted by Crippen LogP contribution is -2.48. The number of rotatable bonds is 2. The first-order chi connectivity index (χ1) is 12.2. The first-order valence-corrected chi connectivity index (χ1v) is 10.1. The molecule has 0 radical (unpaired) electrons. The Labute approximate surface area is 157 Å². The lowest BCUT2D eigenvalue weighted by Gasteiger charge is -2.47. The summed E-state index contributed by atoms with van der Waals surface area (Å²) >= 11 is 0. The van der Waals surface area contributed by atoms with Crippen LogP contribution < -0.4 is 5.32 Å². The number of carbonyl (C=O) groups is 3. The predicted molar refractivity (Wildman–Crippen MR) is 102 cm³/mol. The summed E-state index contributed by atoms with van der Waals surface area (Å²) in [6.45, 7) is 8.48. The van der Waals surface area contributed by atoms with Crippen LogP contribution in [0.3, 0.4) is 0 Å². The van der Waals surface area contributed by atoms with Crippen LogP contribution >= 0.6 is 0 Å². The van der Waals surface area contributed by atoms with E-state index in [4.69, 9.17) is 0 Å². The summed E-state index contributed by atoms with van der Waals surface area (Å²) < 4.78 is 0. The predicted octanol–water partition coefficient (Wildman–Crippen LogP) is 3.49. The van der Waals surface area contributed by atoms with Gasteiger partial charge in [0.1, 0.15) is 12.1 Å². The van der Waals surface area contributed by atoms with Crippen LogP contribution in [0.2, 0.25) is 0 Å². The van der Waals surface area contributed by atoms with Gasteiger partial charge in [-0.15, -0.1) is 0 Å². The van der Waals surface area contributed by atoms with Crippen molar-refractivity contribution in [3.05, 3.63) is 12.2 Å². The van der Waals surface area contributed by atoms with Crippen molar-refractivity contribution in [1.29, 1.82) is 0 Å². The summed E-state index contributed by atoms with van der Waals surface area (Å²) in [7, 11) is 2.13. The van der Waals surface area contributed by atoms with Crippen molar-refractivity contribution >= 4 is 17.9 Å². The minimum Gasteiger partial charge on any atom is -0.315 e. The Bertz CT molecular complexity index is 607. The number of ketones is 2. The Morgan fingerprint density at radius 2 is 1.73 bits per heavy atom. The second-order valence-electron chi connectivity index (χ2n) is 9.71. The molecule has 4 heteroatoms. The van der Waals surface area contributed by atoms with Gasteiger partial charge in [-0.05, 0) is 81.7 Å². The van der Waals surface area contributed by atoms with Crippen molar-refractivity contribution in [3.63, 3.8) is 0 Å². The van der Waals surface area contributed by atoms with Gasteiger partial charge in [0.25, 0.3) is 0 Å². The topological polar surface area (TPSA) is 63.2 Å². The van der Waals surface area contributed by atoms with Crippen molar-refractivity contribution < 1.29 is 14.4 Å². The summed E-state index contributed by atoms with van der Waals surface area (Å²) in [6.07, 6.45) is 8.90. The van der Waals surface area contributed by atoms with E-state index in [9.17, 15) is 14.4 Å². The minimum absolute atomic E-state index is 0.00958. The zero-order chi connectivity index (χ0) is 19.1. The third-order valence-corrected chi connectivity index (χ3v) is 7.28. The fourth-order valence-corrected chi connectivity index (χ4v) is 6.14. The first-order valence-electron chi connectivity index (χ1n) is 10.1. The highest BCUT2D eigenvalue weighted by Crippen LogP contribution is 2.48. The molecule has 4 fully saturated rings. The number of carbonyl (C=O) groups excluding carboxylic acids is 3. The Morgan fingerprint density at radius 1 is 1.12 bits per heavy atom. The summed E-state index contributed by atoms with van der Waals surface area (Å²) in [5.74, 6) is 2.75. The molecule has 0 aromatic carbocycles. The van der Waals surface area contributed by atoms with Crippen molar-refractivity contribution in [2.75, 3.05) is 7.05 Å². The molecule has 4 aliphatic rings. The molecule has 144 valence electrons. The molecule has 0 saturated heterocycles. The van der Waals surface area contributed by atoms with Gasteiger partial charge >= 0.3 is 0 Å². The van der Waals surface area contributed by atoms with E-state index in [2.05, 4.69) is 32.8 Å². The van der Waals surface area contributed by atoms with Crippen molar-refractivity contribution in [2.24, 2.45) is 29.1 Å². The summed E-state index contributed by atoms with van der Waals surface area (Å²) in [4.78, 5) is 33.7. The highest BCUT2D eigenvalue weighted by molar-refractivity contribution is 6.14. The molecule has 1 N–H and O–H groups in total. The molecule has 26 heavy (non-hydrogen) atoms. The number of fused-ring (bicyclic) bond motifs is 4. The average molecular weight is 360 g/mol. The molecular weight excluding hydrogens is 326 g/mol. The fraction of sp³-hybridized carbons (Fsp3) is 0.773. The van der Waals surface area contributed by atoms with Crippen molar-refractivity contribution in [3.8, 4) is 0 Å². The van der Waals surface area contributed by atoms with Crippen LogP contribution in [0.1, 0.15) is 65.2 Å². The van der Waals surface area contributed by atoms with E-state index in [-0.39, 0.29) is 23.9 Å². The Kier molecular flexibility index (Phi) is 5.26. The Morgan fingerprint density at radius 3 is 2.27 bits per heavy atom. The van der Waals surface area contributed by atoms with Crippen LogP contribution in [0.25, 0.3) is 0 Å². The number of allylic oxidation sites excluding steroid dienone is 1. The van der Waals surface area contributed by atoms with E-state index >= 15 is 0 Å². The smallest absolute Gasteiger partial charge is 0.172 e. The van der Waals surface area contributed by atoms with E-state index in [0.29, 0.717) is 30.2 Å². The lowest BCUT2D eigenvalue weighted by atomic mass is 9.63. The first kappa shape index (κ1) is 19.5. The molecule has 0 heterocycles. The molecule has 0 aromatic rings. The van der Waals surface area contributed by atoms with Gasteiger partial charge in [0.2, 0.25) is 0 Å². The second-order valence-corrected chi connectivity index (χ2v) is 9.71. The fourth-order valence-electron chi connectivity index (χ4n) is 6.14. The second kappa shape index (κ2) is 7.03. The Hall–Kier alpha value is -1.29. The van der Waals surface area contributed by atoms with Gasteiger partial charge in [0, 0.05) is 18.4 Å². The standard InChI is InChI=1S/C12H23N.C10H10O3/c1-9-4-10-6-11(5-9)8-12(2,7-10)13-3;1-6-7-2-8(12)4-10(3-7,5-11)9(6)13/h9-11,13H,4-8H2,1-3H3;5,7H,1-4H2. The van der Waals surface area contributed by atoms with Gasteiger partial charge in [-0.1, -0.05) is 13.5 Å². The van der Waals surface area contributed by atoms with Gasteiger partial charge in [-0.25, -0.2) is 0 Å². The highest BCUT2D eigenvalue weighted by atomic mass is 16.2. The molecule has 4 aliphatic carbocycles. The van der Waals surface area contributed by atoms with Crippen LogP contribution in [-0.4, -0.2) is 30.4 Å². The van der Waals surface area contributed by atoms with Gasteiger partial charge in [-0.2, -0.15) is 0 Å². The molecule has 0 aromatic heterocycles. The van der Waals surface area contributed by atoms with Crippen LogP contribution in [0.4, 0.5) is 0 Å². The zero-order valence-electron chi connectivity index (χ0n) is 16.5. The molecule has 4 rings (SSSR count). The molecule has 0 aliphatic heterocycles. The normalized spacial score (nSPS) is 44.3. The van der Waals surface area contributed by atoms with Gasteiger partial charge < -0.3 is 10.1 Å². The highest BCUT2D eigenvalue weighted by Gasteiger charge is 2.54. The molecule has 4 saturated carbocycles. The Balaban J connectivity index is 0.000000151. The van der Waals surface area contributed by atoms with E-state index < -0.39 is 5.41 Å². The monoisotopic (exact) mass is 359 g/mol. The maximum atomic E-state index is 11.6. The molecule has 0 amide bonds. The third kappa shape index (κ3) is 3.58. The number of nitrogens with one attached hydrogen (secondary N) is 1. The summed E-state index contributed by atoms with van der Waals surface area (Å²) in [6, 6.07) is 0. The van der Waals surface area contributed by atoms with E-state index in [1.165, 1.54) is 32.1 Å². The van der Waals surface area contributed by atoms with E-state index in [0.717, 1.165) is 17.8 Å². The van der Waals surface area contributed by atoms with E-state index in [1.54, 1.807) is 0 Å². The van der Waals surface area contributed by atoms with Crippen LogP contribution in [-0.2, 0) is 14.4 Å². The largest absolute Gasteiger partial charge is 0.315 e. The van der Waals surface area contributed by atoms with Gasteiger partial charge in [0.15, 0.2) is 5.78 Å². The van der Waals surface area contributed by atoms with Crippen molar-refractivity contribution in [2.45, 2.75) is 70.8 Å². The van der Waals surface area contributed by atoms with Crippen LogP contribution in [0, 0.1) is 29.1 Å². The number of hydrogen-bond donors (Lipinski definition) is 1. The van der Waals surface area contributed by atoms with Crippen molar-refractivity contribution in [1.82, 2.24) is 5.32 Å². The van der Waals surface area contributed by atoms with E-state index in [1.807, 2.05) is 0 Å². The third-order valence-electron chi connectivity index (χ3n) is 7.28. The zero-order valence-corrected chi connectivity index (χ0v) is 16.5. The molecule has 0 spiro atoms. The molecule has 4 unspecified atom stereocenters. The maximum Gasteiger partial charge on any atom is 0.172 e. The number of Topliss-reactive ketones (excluding diaryl/α,β-unsaturated/α-hetero) is 2. The van der Waals surface area contributed by atoms with Gasteiger partial charge in [0.05, 0.1) is 5.41 Å². The summed E-state index contributed by atoms with van der Waals surface area (Å²) in [5.41, 5.74) is -0.108. The molecule has 4 nitrogen and oxygen atoms in total. The number of hydrogen-bond acceptors (Lipinski definition) is 4.